The number of aromatic amines is 1. The van der Waals surface area contributed by atoms with E-state index in [-0.39, 0.29) is 29.9 Å². The summed E-state index contributed by atoms with van der Waals surface area (Å²) in [6.45, 7) is 6.12. The predicted molar refractivity (Wildman–Crippen MR) is 153 cm³/mol. The number of nitrogens with zero attached hydrogens (tertiary/aromatic N) is 2. The Bertz CT molecular complexity index is 1540. The van der Waals surface area contributed by atoms with Gasteiger partial charge in [-0.3, -0.25) is 9.59 Å². The Labute approximate surface area is 222 Å². The molecule has 0 saturated heterocycles. The smallest absolute Gasteiger partial charge is 0.267 e. The largest absolute Gasteiger partial charge is 0.355 e. The van der Waals surface area contributed by atoms with E-state index in [1.807, 2.05) is 93.6 Å². The Balaban J connectivity index is 1.53. The van der Waals surface area contributed by atoms with Crippen molar-refractivity contribution in [2.24, 2.45) is 21.8 Å². The average molecular weight is 502 g/mol. The van der Waals surface area contributed by atoms with Crippen LogP contribution in [0.25, 0.3) is 17.0 Å². The van der Waals surface area contributed by atoms with Crippen LogP contribution in [-0.4, -0.2) is 22.4 Å². The van der Waals surface area contributed by atoms with Gasteiger partial charge in [0.15, 0.2) is 11.2 Å². The number of benzene rings is 3. The molecule has 1 amide bonds. The Morgan fingerprint density at radius 3 is 2.26 bits per heavy atom. The van der Waals surface area contributed by atoms with Crippen LogP contribution >= 0.6 is 0 Å². The van der Waals surface area contributed by atoms with Crippen molar-refractivity contribution in [1.29, 1.82) is 0 Å². The number of Topliss-reactive ketones (excluding diaryl/α,β-unsaturated/α-hetero) is 1. The van der Waals surface area contributed by atoms with Gasteiger partial charge in [-0.1, -0.05) is 93.6 Å². The minimum atomic E-state index is -1.36. The zero-order valence-corrected chi connectivity index (χ0v) is 21.9. The van der Waals surface area contributed by atoms with Gasteiger partial charge in [0.2, 0.25) is 0 Å². The van der Waals surface area contributed by atoms with Crippen LogP contribution in [0.5, 0.6) is 0 Å². The molecule has 6 rings (SSSR count). The summed E-state index contributed by atoms with van der Waals surface area (Å²) in [6.07, 6.45) is 4.38. The standard InChI is InChI=1S/C33H31N3O2/c1-32(2,3)30-33(31(38)36(35-30)25-15-8-5-9-16-25)27(26(21-29(33)37)22-12-6-4-7-13-22)19-18-24-20-23-14-10-11-17-28(23)34-24/h4-20,26-27,34H,21H2,1-3H3/b19-18+/t26-,27-,33-/m1/s1. The molecule has 5 heteroatoms. The van der Waals surface area contributed by atoms with Crippen LogP contribution in [0.3, 0.4) is 0 Å². The fourth-order valence-corrected chi connectivity index (χ4v) is 6.20. The first-order chi connectivity index (χ1) is 18.3. The maximum Gasteiger partial charge on any atom is 0.267 e. The van der Waals surface area contributed by atoms with Crippen molar-refractivity contribution in [1.82, 2.24) is 4.98 Å². The number of carbonyl (C=O) groups is 2. The van der Waals surface area contributed by atoms with Crippen molar-refractivity contribution < 1.29 is 9.59 Å². The third-order valence-corrected chi connectivity index (χ3v) is 7.85. The fourth-order valence-electron chi connectivity index (χ4n) is 6.20. The van der Waals surface area contributed by atoms with Gasteiger partial charge in [0.05, 0.1) is 11.4 Å². The van der Waals surface area contributed by atoms with Crippen LogP contribution < -0.4 is 5.01 Å². The lowest BCUT2D eigenvalue weighted by atomic mass is 9.64. The van der Waals surface area contributed by atoms with Crippen LogP contribution in [0.15, 0.2) is 102 Å². The van der Waals surface area contributed by atoms with E-state index in [4.69, 9.17) is 5.10 Å². The highest BCUT2D eigenvalue weighted by Crippen LogP contribution is 2.57. The zero-order chi connectivity index (χ0) is 26.5. The molecule has 1 N–H and O–H groups in total. The van der Waals surface area contributed by atoms with Crippen LogP contribution in [0, 0.1) is 16.7 Å². The van der Waals surface area contributed by atoms with Crippen LogP contribution in [0.1, 0.15) is 44.4 Å². The maximum absolute atomic E-state index is 14.5. The summed E-state index contributed by atoms with van der Waals surface area (Å²) in [5, 5.41) is 7.47. The van der Waals surface area contributed by atoms with E-state index < -0.39 is 10.8 Å². The van der Waals surface area contributed by atoms with Crippen molar-refractivity contribution in [3.05, 3.63) is 108 Å². The third-order valence-electron chi connectivity index (χ3n) is 7.85. The molecule has 3 aromatic carbocycles. The summed E-state index contributed by atoms with van der Waals surface area (Å²) >= 11 is 0. The second kappa shape index (κ2) is 8.95. The quantitative estimate of drug-likeness (QED) is 0.306. The van der Waals surface area contributed by atoms with E-state index >= 15 is 0 Å². The number of allylic oxidation sites excluding steroid dienone is 1. The molecule has 5 nitrogen and oxygen atoms in total. The van der Waals surface area contributed by atoms with Crippen molar-refractivity contribution in [3.8, 4) is 0 Å². The van der Waals surface area contributed by atoms with Gasteiger partial charge in [0, 0.05) is 29.0 Å². The number of H-pyrrole nitrogens is 1. The molecule has 3 atom stereocenters. The summed E-state index contributed by atoms with van der Waals surface area (Å²) in [4.78, 5) is 32.2. The number of anilines is 1. The molecule has 0 bridgehead atoms. The lowest BCUT2D eigenvalue weighted by molar-refractivity contribution is -0.134. The van der Waals surface area contributed by atoms with E-state index in [1.165, 1.54) is 5.01 Å². The second-order valence-corrected chi connectivity index (χ2v) is 11.3. The third kappa shape index (κ3) is 3.73. The SMILES string of the molecule is CC(C)(C)C1=NN(c2ccccc2)C(=O)[C@]12C(=O)C[C@H](c1ccccc1)[C@H]2/C=C/c1cc2ccccc2[nH]1. The fraction of sp³-hybridized carbons (Fsp3) is 0.242. The second-order valence-electron chi connectivity index (χ2n) is 11.3. The van der Waals surface area contributed by atoms with E-state index in [0.717, 1.165) is 22.2 Å². The van der Waals surface area contributed by atoms with Crippen LogP contribution in [0.4, 0.5) is 5.69 Å². The maximum atomic E-state index is 14.5. The van der Waals surface area contributed by atoms with Gasteiger partial charge in [0.1, 0.15) is 0 Å². The molecule has 0 radical (unpaired) electrons. The van der Waals surface area contributed by atoms with E-state index in [2.05, 4.69) is 35.3 Å². The lowest BCUT2D eigenvalue weighted by Crippen LogP contribution is -2.51. The molecule has 1 aromatic heterocycles. The highest BCUT2D eigenvalue weighted by atomic mass is 16.2. The van der Waals surface area contributed by atoms with E-state index in [1.54, 1.807) is 0 Å². The zero-order valence-electron chi connectivity index (χ0n) is 21.9. The highest BCUT2D eigenvalue weighted by molar-refractivity contribution is 6.34. The summed E-state index contributed by atoms with van der Waals surface area (Å²) in [5.74, 6) is -0.849. The number of aromatic nitrogens is 1. The molecular weight excluding hydrogens is 470 g/mol. The van der Waals surface area contributed by atoms with Gasteiger partial charge in [-0.15, -0.1) is 0 Å². The van der Waals surface area contributed by atoms with Gasteiger partial charge >= 0.3 is 0 Å². The number of amides is 1. The molecule has 1 fully saturated rings. The number of ketones is 1. The molecule has 1 aliphatic carbocycles. The van der Waals surface area contributed by atoms with Crippen molar-refractivity contribution in [2.75, 3.05) is 5.01 Å². The molecule has 38 heavy (non-hydrogen) atoms. The van der Waals surface area contributed by atoms with Crippen molar-refractivity contribution in [3.63, 3.8) is 0 Å². The Morgan fingerprint density at radius 1 is 0.921 bits per heavy atom. The Morgan fingerprint density at radius 2 is 1.58 bits per heavy atom. The number of hydrogen-bond acceptors (Lipinski definition) is 3. The summed E-state index contributed by atoms with van der Waals surface area (Å²) in [6, 6.07) is 29.7. The average Bonchev–Trinajstić information content (AvgIpc) is 3.56. The van der Waals surface area contributed by atoms with Gasteiger partial charge in [0.25, 0.3) is 5.91 Å². The highest BCUT2D eigenvalue weighted by Gasteiger charge is 2.67. The number of fused-ring (bicyclic) bond motifs is 1. The summed E-state index contributed by atoms with van der Waals surface area (Å²) in [7, 11) is 0. The first kappa shape index (κ1) is 24.1. The molecule has 1 saturated carbocycles. The van der Waals surface area contributed by atoms with E-state index in [9.17, 15) is 9.59 Å². The number of para-hydroxylation sites is 2. The molecule has 0 unspecified atom stereocenters. The van der Waals surface area contributed by atoms with Crippen LogP contribution in [0.2, 0.25) is 0 Å². The number of carbonyl (C=O) groups excluding carboxylic acids is 2. The Hall–Kier alpha value is -4.25. The molecule has 2 heterocycles. The summed E-state index contributed by atoms with van der Waals surface area (Å²) < 4.78 is 0. The van der Waals surface area contributed by atoms with Crippen molar-refractivity contribution >= 4 is 40.1 Å². The van der Waals surface area contributed by atoms with E-state index in [0.29, 0.717) is 11.4 Å². The normalized spacial score (nSPS) is 23.8. The molecule has 2 aliphatic rings. The topological polar surface area (TPSA) is 65.5 Å². The minimum Gasteiger partial charge on any atom is -0.355 e. The molecule has 1 aliphatic heterocycles. The summed E-state index contributed by atoms with van der Waals surface area (Å²) in [5.41, 5.74) is 2.49. The Kier molecular flexibility index (Phi) is 5.68. The number of nitrogens with one attached hydrogen (secondary N) is 1. The number of rotatable bonds is 4. The first-order valence-corrected chi connectivity index (χ1v) is 13.1. The molecule has 1 spiro atoms. The number of hydrogen-bond donors (Lipinski definition) is 1. The molecule has 190 valence electrons. The van der Waals surface area contributed by atoms with Gasteiger partial charge in [-0.05, 0) is 47.2 Å². The van der Waals surface area contributed by atoms with Gasteiger partial charge in [-0.25, -0.2) is 0 Å². The molecule has 4 aromatic rings. The number of hydrazone groups is 1. The minimum absolute atomic E-state index is 0.0604. The van der Waals surface area contributed by atoms with Gasteiger partial charge in [-0.2, -0.15) is 10.1 Å². The molecular formula is C33H31N3O2. The first-order valence-electron chi connectivity index (χ1n) is 13.1. The van der Waals surface area contributed by atoms with Gasteiger partial charge < -0.3 is 4.98 Å². The predicted octanol–water partition coefficient (Wildman–Crippen LogP) is 6.99. The lowest BCUT2D eigenvalue weighted by Gasteiger charge is -2.35. The monoisotopic (exact) mass is 501 g/mol. The van der Waals surface area contributed by atoms with Crippen molar-refractivity contribution in [2.45, 2.75) is 33.1 Å². The van der Waals surface area contributed by atoms with Crippen LogP contribution in [-0.2, 0) is 9.59 Å².